The average molecular weight is 338 g/mol. The second kappa shape index (κ2) is 7.42. The van der Waals surface area contributed by atoms with Gasteiger partial charge in [0, 0.05) is 54.9 Å². The SMILES string of the molecule is Cc1cc(C(=O)N(Cc2cccnc2)C[C@@H]2CCC(=O)N2)cc(C)n1. The van der Waals surface area contributed by atoms with Crippen LogP contribution in [0.4, 0.5) is 0 Å². The van der Waals surface area contributed by atoms with E-state index in [1.807, 2.05) is 26.0 Å². The molecule has 0 aliphatic carbocycles. The molecular formula is C19H22N4O2. The van der Waals surface area contributed by atoms with E-state index in [9.17, 15) is 9.59 Å². The van der Waals surface area contributed by atoms with E-state index in [2.05, 4.69) is 15.3 Å². The molecule has 6 heteroatoms. The van der Waals surface area contributed by atoms with Crippen molar-refractivity contribution in [2.24, 2.45) is 0 Å². The Balaban J connectivity index is 1.83. The zero-order valence-corrected chi connectivity index (χ0v) is 14.5. The van der Waals surface area contributed by atoms with Crippen molar-refractivity contribution in [1.82, 2.24) is 20.2 Å². The Morgan fingerprint density at radius 2 is 2.08 bits per heavy atom. The Bertz CT molecular complexity index is 756. The first-order chi connectivity index (χ1) is 12.0. The predicted octanol–water partition coefficient (Wildman–Crippen LogP) is 2.01. The molecule has 1 fully saturated rings. The molecule has 0 unspecified atom stereocenters. The van der Waals surface area contributed by atoms with Crippen molar-refractivity contribution >= 4 is 11.8 Å². The summed E-state index contributed by atoms with van der Waals surface area (Å²) in [6.45, 7) is 4.71. The fourth-order valence-corrected chi connectivity index (χ4v) is 3.15. The van der Waals surface area contributed by atoms with Crippen LogP contribution in [0, 0.1) is 13.8 Å². The van der Waals surface area contributed by atoms with Gasteiger partial charge < -0.3 is 10.2 Å². The van der Waals surface area contributed by atoms with E-state index in [1.54, 1.807) is 29.4 Å². The highest BCUT2D eigenvalue weighted by atomic mass is 16.2. The van der Waals surface area contributed by atoms with Gasteiger partial charge in [-0.2, -0.15) is 0 Å². The number of nitrogens with one attached hydrogen (secondary N) is 1. The maximum absolute atomic E-state index is 13.1. The molecule has 6 nitrogen and oxygen atoms in total. The minimum atomic E-state index is -0.0568. The van der Waals surface area contributed by atoms with Crippen molar-refractivity contribution in [2.75, 3.05) is 6.54 Å². The molecule has 25 heavy (non-hydrogen) atoms. The van der Waals surface area contributed by atoms with Crippen molar-refractivity contribution in [3.63, 3.8) is 0 Å². The topological polar surface area (TPSA) is 75.2 Å². The number of aryl methyl sites for hydroxylation is 2. The zero-order chi connectivity index (χ0) is 17.8. The largest absolute Gasteiger partial charge is 0.352 e. The lowest BCUT2D eigenvalue weighted by Gasteiger charge is -2.26. The Kier molecular flexibility index (Phi) is 5.07. The van der Waals surface area contributed by atoms with Crippen LogP contribution in [-0.4, -0.2) is 39.3 Å². The van der Waals surface area contributed by atoms with Crippen molar-refractivity contribution in [1.29, 1.82) is 0 Å². The highest BCUT2D eigenvalue weighted by Crippen LogP contribution is 2.15. The van der Waals surface area contributed by atoms with E-state index >= 15 is 0 Å². The Hall–Kier alpha value is -2.76. The monoisotopic (exact) mass is 338 g/mol. The van der Waals surface area contributed by atoms with Crippen molar-refractivity contribution < 1.29 is 9.59 Å². The maximum Gasteiger partial charge on any atom is 0.254 e. The summed E-state index contributed by atoms with van der Waals surface area (Å²) in [4.78, 5) is 34.8. The van der Waals surface area contributed by atoms with E-state index in [1.165, 1.54) is 0 Å². The van der Waals surface area contributed by atoms with Crippen LogP contribution in [0.2, 0.25) is 0 Å². The van der Waals surface area contributed by atoms with E-state index < -0.39 is 0 Å². The van der Waals surface area contributed by atoms with E-state index in [-0.39, 0.29) is 17.9 Å². The van der Waals surface area contributed by atoms with Crippen LogP contribution < -0.4 is 5.32 Å². The third kappa shape index (κ3) is 4.41. The molecule has 2 aromatic heterocycles. The second-order valence-corrected chi connectivity index (χ2v) is 6.49. The number of amides is 2. The first-order valence-electron chi connectivity index (χ1n) is 8.44. The Morgan fingerprint density at radius 1 is 1.32 bits per heavy atom. The van der Waals surface area contributed by atoms with Gasteiger partial charge in [0.15, 0.2) is 0 Å². The van der Waals surface area contributed by atoms with Crippen LogP contribution in [0.3, 0.4) is 0 Å². The smallest absolute Gasteiger partial charge is 0.254 e. The number of aromatic nitrogens is 2. The normalized spacial score (nSPS) is 16.6. The first-order valence-corrected chi connectivity index (χ1v) is 8.44. The summed E-state index contributed by atoms with van der Waals surface area (Å²) in [6.07, 6.45) is 4.75. The molecule has 0 bridgehead atoms. The van der Waals surface area contributed by atoms with Gasteiger partial charge in [-0.05, 0) is 44.0 Å². The fourth-order valence-electron chi connectivity index (χ4n) is 3.15. The molecule has 3 rings (SSSR count). The van der Waals surface area contributed by atoms with Crippen LogP contribution in [-0.2, 0) is 11.3 Å². The van der Waals surface area contributed by atoms with Gasteiger partial charge in [-0.25, -0.2) is 0 Å². The third-order valence-electron chi connectivity index (χ3n) is 4.24. The van der Waals surface area contributed by atoms with Gasteiger partial charge in [-0.3, -0.25) is 19.6 Å². The third-order valence-corrected chi connectivity index (χ3v) is 4.24. The molecule has 0 spiro atoms. The number of nitrogens with zero attached hydrogens (tertiary/aromatic N) is 3. The molecule has 130 valence electrons. The molecule has 0 radical (unpaired) electrons. The lowest BCUT2D eigenvalue weighted by molar-refractivity contribution is -0.119. The summed E-state index contributed by atoms with van der Waals surface area (Å²) < 4.78 is 0. The molecule has 0 aromatic carbocycles. The predicted molar refractivity (Wildman–Crippen MR) is 93.9 cm³/mol. The van der Waals surface area contributed by atoms with Crippen molar-refractivity contribution in [2.45, 2.75) is 39.3 Å². The van der Waals surface area contributed by atoms with Gasteiger partial charge in [0.1, 0.15) is 0 Å². The number of carbonyl (C=O) groups is 2. The summed E-state index contributed by atoms with van der Waals surface area (Å²) in [6, 6.07) is 7.41. The van der Waals surface area contributed by atoms with E-state index in [0.717, 1.165) is 23.4 Å². The molecule has 1 aliphatic heterocycles. The molecule has 1 atom stereocenters. The van der Waals surface area contributed by atoms with Crippen LogP contribution in [0.5, 0.6) is 0 Å². The van der Waals surface area contributed by atoms with Crippen LogP contribution in [0.15, 0.2) is 36.7 Å². The standard InChI is InChI=1S/C19H22N4O2/c1-13-8-16(9-14(2)21-13)19(25)23(11-15-4-3-7-20-10-15)12-17-5-6-18(24)22-17/h3-4,7-10,17H,5-6,11-12H2,1-2H3,(H,22,24)/t17-/m0/s1. The molecule has 0 saturated carbocycles. The van der Waals surface area contributed by atoms with Crippen LogP contribution in [0.25, 0.3) is 0 Å². The number of carbonyl (C=O) groups excluding carboxylic acids is 2. The quantitative estimate of drug-likeness (QED) is 0.905. The van der Waals surface area contributed by atoms with Crippen molar-refractivity contribution in [3.05, 3.63) is 59.2 Å². The van der Waals surface area contributed by atoms with Gasteiger partial charge in [0.05, 0.1) is 0 Å². The van der Waals surface area contributed by atoms with E-state index in [0.29, 0.717) is 25.1 Å². The molecule has 2 amide bonds. The van der Waals surface area contributed by atoms with Gasteiger partial charge in [0.2, 0.25) is 5.91 Å². The number of pyridine rings is 2. The number of hydrogen-bond acceptors (Lipinski definition) is 4. The Morgan fingerprint density at radius 3 is 2.68 bits per heavy atom. The highest BCUT2D eigenvalue weighted by Gasteiger charge is 2.26. The van der Waals surface area contributed by atoms with Crippen LogP contribution in [0.1, 0.15) is 40.2 Å². The molecule has 3 heterocycles. The molecule has 1 N–H and O–H groups in total. The summed E-state index contributed by atoms with van der Waals surface area (Å²) in [5.74, 6) is -0.00650. The average Bonchev–Trinajstić information content (AvgIpc) is 2.98. The van der Waals surface area contributed by atoms with Gasteiger partial charge >= 0.3 is 0 Å². The van der Waals surface area contributed by atoms with Gasteiger partial charge in [-0.15, -0.1) is 0 Å². The molecule has 1 aliphatic rings. The van der Waals surface area contributed by atoms with E-state index in [4.69, 9.17) is 0 Å². The molecule has 2 aromatic rings. The zero-order valence-electron chi connectivity index (χ0n) is 14.5. The fraction of sp³-hybridized carbons (Fsp3) is 0.368. The number of rotatable bonds is 5. The molecular weight excluding hydrogens is 316 g/mol. The summed E-state index contributed by atoms with van der Waals surface area (Å²) >= 11 is 0. The second-order valence-electron chi connectivity index (χ2n) is 6.49. The lowest BCUT2D eigenvalue weighted by atomic mass is 10.1. The summed E-state index contributed by atoms with van der Waals surface area (Å²) in [5.41, 5.74) is 3.22. The highest BCUT2D eigenvalue weighted by molar-refractivity contribution is 5.94. The van der Waals surface area contributed by atoms with Gasteiger partial charge in [-0.1, -0.05) is 6.07 Å². The lowest BCUT2D eigenvalue weighted by Crippen LogP contribution is -2.41. The minimum Gasteiger partial charge on any atom is -0.352 e. The summed E-state index contributed by atoms with van der Waals surface area (Å²) in [7, 11) is 0. The Labute approximate surface area is 147 Å². The number of hydrogen-bond donors (Lipinski definition) is 1. The van der Waals surface area contributed by atoms with Gasteiger partial charge in [0.25, 0.3) is 5.91 Å². The maximum atomic E-state index is 13.1. The minimum absolute atomic E-state index is 0.00264. The summed E-state index contributed by atoms with van der Waals surface area (Å²) in [5, 5.41) is 2.94. The first kappa shape index (κ1) is 17.1. The van der Waals surface area contributed by atoms with Crippen molar-refractivity contribution in [3.8, 4) is 0 Å². The van der Waals surface area contributed by atoms with Crippen LogP contribution >= 0.6 is 0 Å². The molecule has 1 saturated heterocycles.